The van der Waals surface area contributed by atoms with Crippen LogP contribution in [0, 0.1) is 5.41 Å². The second kappa shape index (κ2) is 8.85. The number of hydrogen-bond acceptors (Lipinski definition) is 7. The average Bonchev–Trinajstić information content (AvgIpc) is 3.36. The van der Waals surface area contributed by atoms with E-state index in [1.165, 1.54) is 0 Å². The van der Waals surface area contributed by atoms with Crippen molar-refractivity contribution < 1.29 is 14.0 Å². The summed E-state index contributed by atoms with van der Waals surface area (Å²) in [6, 6.07) is 5.68. The lowest BCUT2D eigenvalue weighted by Gasteiger charge is -2.39. The summed E-state index contributed by atoms with van der Waals surface area (Å²) in [6.07, 6.45) is 6.42. The van der Waals surface area contributed by atoms with E-state index >= 15 is 0 Å². The summed E-state index contributed by atoms with van der Waals surface area (Å²) in [5, 5.41) is 11.7. The SMILES string of the molecule is CC(C)c1nnc(C2CC3(CCN(C(=O)c4ccccn4)CC3)CN2CC(=O)NC2CC2)o1. The Morgan fingerprint density at radius 3 is 2.64 bits per heavy atom. The molecular weight excluding hydrogens is 420 g/mol. The maximum absolute atomic E-state index is 12.8. The van der Waals surface area contributed by atoms with Gasteiger partial charge in [-0.2, -0.15) is 0 Å². The summed E-state index contributed by atoms with van der Waals surface area (Å²) in [5.74, 6) is 1.44. The third kappa shape index (κ3) is 4.78. The summed E-state index contributed by atoms with van der Waals surface area (Å²) in [6.45, 7) is 6.56. The predicted molar refractivity (Wildman–Crippen MR) is 120 cm³/mol. The molecule has 33 heavy (non-hydrogen) atoms. The van der Waals surface area contributed by atoms with Crippen LogP contribution in [0.5, 0.6) is 0 Å². The van der Waals surface area contributed by atoms with Gasteiger partial charge in [0.2, 0.25) is 17.7 Å². The largest absolute Gasteiger partial charge is 0.423 e. The lowest BCUT2D eigenvalue weighted by atomic mass is 9.76. The third-order valence-corrected chi connectivity index (χ3v) is 7.13. The van der Waals surface area contributed by atoms with Crippen molar-refractivity contribution in [3.63, 3.8) is 0 Å². The first-order chi connectivity index (χ1) is 15.9. The van der Waals surface area contributed by atoms with Crippen molar-refractivity contribution >= 4 is 11.8 Å². The van der Waals surface area contributed by atoms with E-state index in [2.05, 4.69) is 25.4 Å². The van der Waals surface area contributed by atoms with E-state index in [0.717, 1.165) is 38.6 Å². The molecule has 1 unspecified atom stereocenters. The number of hydrogen-bond donors (Lipinski definition) is 1. The monoisotopic (exact) mass is 452 g/mol. The van der Waals surface area contributed by atoms with Crippen LogP contribution in [0.1, 0.15) is 80.2 Å². The molecule has 9 heteroatoms. The number of pyridine rings is 1. The van der Waals surface area contributed by atoms with Gasteiger partial charge in [0.15, 0.2) is 0 Å². The standard InChI is InChI=1S/C24H32N6O3/c1-16(2)21-27-28-22(33-21)19-13-24(15-30(19)14-20(31)26-17-6-7-17)8-11-29(12-9-24)23(32)18-5-3-4-10-25-18/h3-5,10,16-17,19H,6-9,11-15H2,1-2H3,(H,26,31). The summed E-state index contributed by atoms with van der Waals surface area (Å²) in [4.78, 5) is 33.8. The number of nitrogens with one attached hydrogen (secondary N) is 1. The van der Waals surface area contributed by atoms with Gasteiger partial charge in [0.25, 0.3) is 5.91 Å². The van der Waals surface area contributed by atoms with Crippen molar-refractivity contribution in [3.8, 4) is 0 Å². The van der Waals surface area contributed by atoms with E-state index < -0.39 is 0 Å². The molecule has 9 nitrogen and oxygen atoms in total. The number of carbonyl (C=O) groups is 2. The van der Waals surface area contributed by atoms with E-state index in [1.54, 1.807) is 12.3 Å². The molecule has 2 amide bonds. The van der Waals surface area contributed by atoms with Crippen LogP contribution in [0.2, 0.25) is 0 Å². The molecule has 3 aliphatic rings. The van der Waals surface area contributed by atoms with Crippen LogP contribution in [0.25, 0.3) is 0 Å². The van der Waals surface area contributed by atoms with Crippen LogP contribution in [0.3, 0.4) is 0 Å². The molecule has 2 aromatic rings. The first-order valence-electron chi connectivity index (χ1n) is 12.0. The Morgan fingerprint density at radius 1 is 1.21 bits per heavy atom. The highest BCUT2D eigenvalue weighted by atomic mass is 16.4. The van der Waals surface area contributed by atoms with Gasteiger partial charge in [0, 0.05) is 37.8 Å². The van der Waals surface area contributed by atoms with E-state index in [4.69, 9.17) is 4.42 Å². The zero-order valence-electron chi connectivity index (χ0n) is 19.4. The second-order valence-corrected chi connectivity index (χ2v) is 10.1. The van der Waals surface area contributed by atoms with Crippen LogP contribution in [-0.2, 0) is 4.79 Å². The van der Waals surface area contributed by atoms with Crippen molar-refractivity contribution in [3.05, 3.63) is 41.9 Å². The second-order valence-electron chi connectivity index (χ2n) is 10.1. The maximum atomic E-state index is 12.8. The highest BCUT2D eigenvalue weighted by molar-refractivity contribution is 5.92. The molecule has 1 aliphatic carbocycles. The van der Waals surface area contributed by atoms with Gasteiger partial charge in [-0.25, -0.2) is 0 Å². The predicted octanol–water partition coefficient (Wildman–Crippen LogP) is 2.54. The molecule has 0 bridgehead atoms. The third-order valence-electron chi connectivity index (χ3n) is 7.13. The quantitative estimate of drug-likeness (QED) is 0.718. The van der Waals surface area contributed by atoms with Crippen LogP contribution >= 0.6 is 0 Å². The number of nitrogens with zero attached hydrogens (tertiary/aromatic N) is 5. The molecule has 0 radical (unpaired) electrons. The number of likely N-dealkylation sites (tertiary alicyclic amines) is 2. The first kappa shape index (κ1) is 22.0. The van der Waals surface area contributed by atoms with Gasteiger partial charge in [-0.3, -0.25) is 19.5 Å². The van der Waals surface area contributed by atoms with Crippen LogP contribution in [-0.4, -0.2) is 69.0 Å². The number of aromatic nitrogens is 3. The van der Waals surface area contributed by atoms with Crippen molar-refractivity contribution in [1.29, 1.82) is 0 Å². The molecule has 5 rings (SSSR count). The fraction of sp³-hybridized carbons (Fsp3) is 0.625. The van der Waals surface area contributed by atoms with Crippen molar-refractivity contribution in [2.75, 3.05) is 26.2 Å². The van der Waals surface area contributed by atoms with Crippen molar-refractivity contribution in [1.82, 2.24) is 30.3 Å². The maximum Gasteiger partial charge on any atom is 0.272 e. The Kier molecular flexibility index (Phi) is 5.90. The minimum atomic E-state index is -0.0759. The highest BCUT2D eigenvalue weighted by Gasteiger charge is 2.49. The molecule has 2 saturated heterocycles. The summed E-state index contributed by atoms with van der Waals surface area (Å²) >= 11 is 0. The van der Waals surface area contributed by atoms with Gasteiger partial charge in [0.05, 0.1) is 12.6 Å². The Labute approximate surface area is 193 Å². The molecule has 176 valence electrons. The Bertz CT molecular complexity index is 995. The number of rotatable bonds is 6. The Balaban J connectivity index is 1.29. The van der Waals surface area contributed by atoms with Gasteiger partial charge >= 0.3 is 0 Å². The average molecular weight is 453 g/mol. The Hall–Kier alpha value is -2.81. The van der Waals surface area contributed by atoms with Gasteiger partial charge in [-0.05, 0) is 49.7 Å². The smallest absolute Gasteiger partial charge is 0.272 e. The molecule has 1 atom stereocenters. The van der Waals surface area contributed by atoms with Gasteiger partial charge in [0.1, 0.15) is 5.69 Å². The molecule has 1 N–H and O–H groups in total. The first-order valence-corrected chi connectivity index (χ1v) is 12.0. The molecule has 1 saturated carbocycles. The van der Waals surface area contributed by atoms with E-state index in [1.807, 2.05) is 30.9 Å². The molecule has 1 spiro atoms. The lowest BCUT2D eigenvalue weighted by Crippen LogP contribution is -2.45. The fourth-order valence-corrected chi connectivity index (χ4v) is 5.05. The van der Waals surface area contributed by atoms with Gasteiger partial charge in [-0.15, -0.1) is 10.2 Å². The zero-order valence-corrected chi connectivity index (χ0v) is 19.4. The van der Waals surface area contributed by atoms with E-state index in [-0.39, 0.29) is 29.2 Å². The Morgan fingerprint density at radius 2 is 2.00 bits per heavy atom. The van der Waals surface area contributed by atoms with Gasteiger partial charge in [-0.1, -0.05) is 19.9 Å². The fourth-order valence-electron chi connectivity index (χ4n) is 5.05. The summed E-state index contributed by atoms with van der Waals surface area (Å²) in [7, 11) is 0. The molecule has 2 aromatic heterocycles. The van der Waals surface area contributed by atoms with Gasteiger partial charge < -0.3 is 14.6 Å². The minimum Gasteiger partial charge on any atom is -0.423 e. The molecular formula is C24H32N6O3. The number of amides is 2. The lowest BCUT2D eigenvalue weighted by molar-refractivity contribution is -0.122. The van der Waals surface area contributed by atoms with E-state index in [9.17, 15) is 9.59 Å². The topological polar surface area (TPSA) is 104 Å². The van der Waals surface area contributed by atoms with Crippen LogP contribution in [0.15, 0.2) is 28.8 Å². The molecule has 4 heterocycles. The molecule has 2 aliphatic heterocycles. The number of piperidine rings is 1. The van der Waals surface area contributed by atoms with E-state index in [0.29, 0.717) is 43.2 Å². The normalized spacial score (nSPS) is 22.8. The highest BCUT2D eigenvalue weighted by Crippen LogP contribution is 2.48. The summed E-state index contributed by atoms with van der Waals surface area (Å²) < 4.78 is 6.02. The minimum absolute atomic E-state index is 0.0147. The summed E-state index contributed by atoms with van der Waals surface area (Å²) in [5.41, 5.74) is 0.515. The molecule has 0 aromatic carbocycles. The van der Waals surface area contributed by atoms with Crippen LogP contribution in [0.4, 0.5) is 0 Å². The van der Waals surface area contributed by atoms with Crippen molar-refractivity contribution in [2.24, 2.45) is 5.41 Å². The van der Waals surface area contributed by atoms with Crippen LogP contribution < -0.4 is 5.32 Å². The number of carbonyl (C=O) groups excluding carboxylic acids is 2. The zero-order chi connectivity index (χ0) is 23.0. The van der Waals surface area contributed by atoms with Crippen molar-refractivity contribution in [2.45, 2.75) is 64.0 Å². The molecule has 3 fully saturated rings.